The van der Waals surface area contributed by atoms with E-state index in [1.165, 1.54) is 6.42 Å². The van der Waals surface area contributed by atoms with E-state index < -0.39 is 0 Å². The van der Waals surface area contributed by atoms with Crippen molar-refractivity contribution in [2.24, 2.45) is 5.92 Å². The number of nitrogens with one attached hydrogen (secondary N) is 2. The van der Waals surface area contributed by atoms with Gasteiger partial charge in [0.2, 0.25) is 11.8 Å². The maximum atomic E-state index is 12.4. The standard InChI is InChI=1S/C21H25N3O2.ClH/c22-17-11-9-15(10-12-17)13-20(25)23-18-7-4-8-19(14-18)24-21(26)16-5-2-1-3-6-16;/h4,7-12,14,16H,1-3,5-6,13,22H2,(H,23,25)(H,24,26);1H. The molecule has 6 heteroatoms. The minimum Gasteiger partial charge on any atom is -0.399 e. The summed E-state index contributed by atoms with van der Waals surface area (Å²) in [4.78, 5) is 24.6. The fourth-order valence-corrected chi connectivity index (χ4v) is 3.31. The Kier molecular flexibility index (Phi) is 7.67. The predicted octanol–water partition coefficient (Wildman–Crippen LogP) is 4.39. The molecule has 0 atom stereocenters. The second-order valence-corrected chi connectivity index (χ2v) is 6.87. The van der Waals surface area contributed by atoms with Crippen LogP contribution in [-0.4, -0.2) is 11.8 Å². The summed E-state index contributed by atoms with van der Waals surface area (Å²) in [6.45, 7) is 0. The third-order valence-electron chi connectivity index (χ3n) is 4.73. The quantitative estimate of drug-likeness (QED) is 0.665. The Morgan fingerprint density at radius 1 is 0.926 bits per heavy atom. The Bertz CT molecular complexity index is 771. The topological polar surface area (TPSA) is 84.2 Å². The van der Waals surface area contributed by atoms with E-state index in [0.717, 1.165) is 31.2 Å². The lowest BCUT2D eigenvalue weighted by molar-refractivity contribution is -0.120. The van der Waals surface area contributed by atoms with Gasteiger partial charge in [-0.1, -0.05) is 37.5 Å². The molecule has 2 amide bonds. The lowest BCUT2D eigenvalue weighted by Crippen LogP contribution is -2.24. The van der Waals surface area contributed by atoms with E-state index in [1.807, 2.05) is 30.3 Å². The Hall–Kier alpha value is -2.53. The number of halogens is 1. The molecule has 2 aromatic carbocycles. The average molecular weight is 388 g/mol. The normalized spacial score (nSPS) is 14.1. The lowest BCUT2D eigenvalue weighted by Gasteiger charge is -2.20. The average Bonchev–Trinajstić information content (AvgIpc) is 2.64. The zero-order chi connectivity index (χ0) is 18.4. The predicted molar refractivity (Wildman–Crippen MR) is 112 cm³/mol. The monoisotopic (exact) mass is 387 g/mol. The van der Waals surface area contributed by atoms with Gasteiger partial charge in [-0.25, -0.2) is 0 Å². The van der Waals surface area contributed by atoms with E-state index in [9.17, 15) is 9.59 Å². The van der Waals surface area contributed by atoms with Crippen molar-refractivity contribution < 1.29 is 9.59 Å². The van der Waals surface area contributed by atoms with Gasteiger partial charge in [-0.05, 0) is 48.7 Å². The van der Waals surface area contributed by atoms with Crippen molar-refractivity contribution in [3.05, 3.63) is 54.1 Å². The summed E-state index contributed by atoms with van der Waals surface area (Å²) in [6.07, 6.45) is 5.67. The number of anilines is 3. The van der Waals surface area contributed by atoms with Gasteiger partial charge in [0.1, 0.15) is 0 Å². The molecule has 0 saturated heterocycles. The van der Waals surface area contributed by atoms with Crippen molar-refractivity contribution in [1.29, 1.82) is 0 Å². The number of amides is 2. The molecule has 4 N–H and O–H groups in total. The number of nitrogen functional groups attached to an aromatic ring is 1. The van der Waals surface area contributed by atoms with Crippen molar-refractivity contribution in [2.45, 2.75) is 38.5 Å². The highest BCUT2D eigenvalue weighted by atomic mass is 35.5. The van der Waals surface area contributed by atoms with Crippen LogP contribution in [0.25, 0.3) is 0 Å². The van der Waals surface area contributed by atoms with Crippen LogP contribution in [0.2, 0.25) is 0 Å². The number of hydrogen-bond acceptors (Lipinski definition) is 3. The molecule has 1 aliphatic carbocycles. The first kappa shape index (κ1) is 20.8. The van der Waals surface area contributed by atoms with E-state index in [2.05, 4.69) is 10.6 Å². The Morgan fingerprint density at radius 3 is 2.22 bits per heavy atom. The summed E-state index contributed by atoms with van der Waals surface area (Å²) < 4.78 is 0. The maximum absolute atomic E-state index is 12.4. The number of hydrogen-bond donors (Lipinski definition) is 3. The molecule has 0 aliphatic heterocycles. The van der Waals surface area contributed by atoms with Crippen LogP contribution >= 0.6 is 12.4 Å². The van der Waals surface area contributed by atoms with Crippen LogP contribution in [0.15, 0.2) is 48.5 Å². The number of benzene rings is 2. The van der Waals surface area contributed by atoms with E-state index in [1.54, 1.807) is 18.2 Å². The molecule has 1 saturated carbocycles. The summed E-state index contributed by atoms with van der Waals surface area (Å²) >= 11 is 0. The molecule has 144 valence electrons. The zero-order valence-electron chi connectivity index (χ0n) is 15.2. The summed E-state index contributed by atoms with van der Waals surface area (Å²) in [7, 11) is 0. The highest BCUT2D eigenvalue weighted by molar-refractivity contribution is 5.95. The second-order valence-electron chi connectivity index (χ2n) is 6.87. The fraction of sp³-hybridized carbons (Fsp3) is 0.333. The molecule has 0 unspecified atom stereocenters. The molecule has 0 heterocycles. The third-order valence-corrected chi connectivity index (χ3v) is 4.73. The molecule has 5 nitrogen and oxygen atoms in total. The zero-order valence-corrected chi connectivity index (χ0v) is 16.1. The number of rotatable bonds is 5. The highest BCUT2D eigenvalue weighted by Crippen LogP contribution is 2.25. The van der Waals surface area contributed by atoms with Crippen LogP contribution in [0, 0.1) is 5.92 Å². The molecule has 0 aromatic heterocycles. The number of nitrogens with two attached hydrogens (primary N) is 1. The van der Waals surface area contributed by atoms with Gasteiger partial charge >= 0.3 is 0 Å². The van der Waals surface area contributed by atoms with Crippen molar-refractivity contribution in [1.82, 2.24) is 0 Å². The first-order chi connectivity index (χ1) is 12.6. The van der Waals surface area contributed by atoms with Crippen molar-refractivity contribution in [3.63, 3.8) is 0 Å². The maximum Gasteiger partial charge on any atom is 0.228 e. The van der Waals surface area contributed by atoms with E-state index in [-0.39, 0.29) is 36.6 Å². The van der Waals surface area contributed by atoms with Gasteiger partial charge in [0.15, 0.2) is 0 Å². The van der Waals surface area contributed by atoms with Crippen LogP contribution in [-0.2, 0) is 16.0 Å². The summed E-state index contributed by atoms with van der Waals surface area (Å²) in [5.41, 5.74) is 8.62. The Morgan fingerprint density at radius 2 is 1.56 bits per heavy atom. The largest absolute Gasteiger partial charge is 0.399 e. The van der Waals surface area contributed by atoms with Crippen LogP contribution in [0.1, 0.15) is 37.7 Å². The Balaban J connectivity index is 0.00000261. The van der Waals surface area contributed by atoms with E-state index >= 15 is 0 Å². The molecular weight excluding hydrogens is 362 g/mol. The fourth-order valence-electron chi connectivity index (χ4n) is 3.31. The first-order valence-corrected chi connectivity index (χ1v) is 9.15. The lowest BCUT2D eigenvalue weighted by atomic mass is 9.88. The van der Waals surface area contributed by atoms with Crippen molar-refractivity contribution in [3.8, 4) is 0 Å². The molecule has 2 aromatic rings. The van der Waals surface area contributed by atoms with Gasteiger partial charge in [-0.3, -0.25) is 9.59 Å². The molecule has 1 aliphatic rings. The SMILES string of the molecule is Cl.Nc1ccc(CC(=O)Nc2cccc(NC(=O)C3CCCCC3)c2)cc1. The van der Waals surface area contributed by atoms with Gasteiger partial charge in [-0.15, -0.1) is 12.4 Å². The van der Waals surface area contributed by atoms with E-state index in [4.69, 9.17) is 5.73 Å². The Labute approximate surface area is 166 Å². The minimum absolute atomic E-state index is 0. The van der Waals surface area contributed by atoms with Gasteiger partial charge in [0, 0.05) is 23.0 Å². The summed E-state index contributed by atoms with van der Waals surface area (Å²) in [5, 5.41) is 5.85. The number of carbonyl (C=O) groups excluding carboxylic acids is 2. The summed E-state index contributed by atoms with van der Waals surface area (Å²) in [6, 6.07) is 14.5. The molecule has 3 rings (SSSR count). The smallest absolute Gasteiger partial charge is 0.228 e. The van der Waals surface area contributed by atoms with Crippen molar-refractivity contribution >= 4 is 41.3 Å². The van der Waals surface area contributed by atoms with Crippen LogP contribution in [0.3, 0.4) is 0 Å². The van der Waals surface area contributed by atoms with Crippen LogP contribution in [0.5, 0.6) is 0 Å². The minimum atomic E-state index is -0.106. The van der Waals surface area contributed by atoms with Crippen molar-refractivity contribution in [2.75, 3.05) is 16.4 Å². The van der Waals surface area contributed by atoms with Crippen LogP contribution < -0.4 is 16.4 Å². The molecule has 0 radical (unpaired) electrons. The molecule has 0 spiro atoms. The van der Waals surface area contributed by atoms with Gasteiger partial charge in [0.25, 0.3) is 0 Å². The van der Waals surface area contributed by atoms with Gasteiger partial charge in [0.05, 0.1) is 6.42 Å². The molecule has 27 heavy (non-hydrogen) atoms. The van der Waals surface area contributed by atoms with Crippen LogP contribution in [0.4, 0.5) is 17.1 Å². The summed E-state index contributed by atoms with van der Waals surface area (Å²) in [5.74, 6) is 0.0769. The molecular formula is C21H26ClN3O2. The van der Waals surface area contributed by atoms with Gasteiger partial charge < -0.3 is 16.4 Å². The second kappa shape index (κ2) is 9.97. The highest BCUT2D eigenvalue weighted by Gasteiger charge is 2.21. The first-order valence-electron chi connectivity index (χ1n) is 9.15. The molecule has 1 fully saturated rings. The van der Waals surface area contributed by atoms with E-state index in [0.29, 0.717) is 17.1 Å². The molecule has 0 bridgehead atoms. The number of carbonyl (C=O) groups is 2. The van der Waals surface area contributed by atoms with Gasteiger partial charge in [-0.2, -0.15) is 0 Å². The third kappa shape index (κ3) is 6.29.